The zero-order valence-corrected chi connectivity index (χ0v) is 10.8. The van der Waals surface area contributed by atoms with Gasteiger partial charge in [0.1, 0.15) is 0 Å². The van der Waals surface area contributed by atoms with E-state index in [0.29, 0.717) is 23.3 Å². The fourth-order valence-corrected chi connectivity index (χ4v) is 1.40. The van der Waals surface area contributed by atoms with Crippen LogP contribution in [0.3, 0.4) is 0 Å². The Hall–Kier alpha value is -2.04. The van der Waals surface area contributed by atoms with E-state index in [4.69, 9.17) is 9.47 Å². The van der Waals surface area contributed by atoms with Crippen LogP contribution in [0.5, 0.6) is 11.5 Å². The van der Waals surface area contributed by atoms with Gasteiger partial charge in [0, 0.05) is 14.1 Å². The summed E-state index contributed by atoms with van der Waals surface area (Å²) < 4.78 is 10.6. The summed E-state index contributed by atoms with van der Waals surface area (Å²) in [4.78, 5) is 23.8. The molecule has 5 heteroatoms. The molecule has 0 fully saturated rings. The number of rotatable bonds is 6. The van der Waals surface area contributed by atoms with Crippen molar-refractivity contribution in [1.82, 2.24) is 4.90 Å². The van der Waals surface area contributed by atoms with Crippen molar-refractivity contribution < 1.29 is 19.1 Å². The number of nitrogens with zero attached hydrogens (tertiary/aromatic N) is 1. The molecule has 0 spiro atoms. The standard InChI is InChI=1S/C13H17NO4/c1-14(2)12(16)7-8-18-13-10(9-15)5-4-6-11(13)17-3/h4-6,9H,7-8H2,1-3H3. The Morgan fingerprint density at radius 2 is 2.11 bits per heavy atom. The van der Waals surface area contributed by atoms with Crippen LogP contribution in [0, 0.1) is 0 Å². The average Bonchev–Trinajstić information content (AvgIpc) is 2.38. The molecule has 0 aliphatic carbocycles. The molecule has 0 saturated heterocycles. The van der Waals surface area contributed by atoms with Crippen molar-refractivity contribution in [2.75, 3.05) is 27.8 Å². The van der Waals surface area contributed by atoms with E-state index in [1.807, 2.05) is 0 Å². The van der Waals surface area contributed by atoms with Gasteiger partial charge in [0.2, 0.25) is 5.91 Å². The van der Waals surface area contributed by atoms with Crippen LogP contribution in [0.15, 0.2) is 18.2 Å². The Bertz CT molecular complexity index is 429. The van der Waals surface area contributed by atoms with E-state index in [1.54, 1.807) is 32.3 Å². The highest BCUT2D eigenvalue weighted by Crippen LogP contribution is 2.29. The number of methoxy groups -OCH3 is 1. The van der Waals surface area contributed by atoms with Gasteiger partial charge in [-0.05, 0) is 12.1 Å². The van der Waals surface area contributed by atoms with Gasteiger partial charge in [-0.25, -0.2) is 0 Å². The predicted molar refractivity (Wildman–Crippen MR) is 67.2 cm³/mol. The van der Waals surface area contributed by atoms with E-state index in [9.17, 15) is 9.59 Å². The second-order valence-corrected chi connectivity index (χ2v) is 3.88. The Morgan fingerprint density at radius 3 is 2.67 bits per heavy atom. The Balaban J connectivity index is 2.71. The van der Waals surface area contributed by atoms with Crippen LogP contribution in [0.4, 0.5) is 0 Å². The van der Waals surface area contributed by atoms with Crippen LogP contribution in [-0.4, -0.2) is 44.9 Å². The summed E-state index contributed by atoms with van der Waals surface area (Å²) in [6.07, 6.45) is 0.953. The second kappa shape index (κ2) is 6.64. The molecular weight excluding hydrogens is 234 g/mol. The quantitative estimate of drug-likeness (QED) is 0.716. The van der Waals surface area contributed by atoms with Gasteiger partial charge in [0.15, 0.2) is 17.8 Å². The van der Waals surface area contributed by atoms with Gasteiger partial charge >= 0.3 is 0 Å². The van der Waals surface area contributed by atoms with E-state index in [-0.39, 0.29) is 18.9 Å². The molecule has 0 unspecified atom stereocenters. The van der Waals surface area contributed by atoms with Gasteiger partial charge in [0.25, 0.3) is 0 Å². The van der Waals surface area contributed by atoms with Crippen molar-refractivity contribution in [2.45, 2.75) is 6.42 Å². The smallest absolute Gasteiger partial charge is 0.225 e. The lowest BCUT2D eigenvalue weighted by atomic mass is 10.2. The van der Waals surface area contributed by atoms with Crippen LogP contribution in [-0.2, 0) is 4.79 Å². The number of ether oxygens (including phenoxy) is 2. The molecule has 0 radical (unpaired) electrons. The number of hydrogen-bond donors (Lipinski definition) is 0. The Labute approximate surface area is 106 Å². The molecule has 5 nitrogen and oxygen atoms in total. The summed E-state index contributed by atoms with van der Waals surface area (Å²) in [6.45, 7) is 0.207. The highest BCUT2D eigenvalue weighted by molar-refractivity contribution is 5.81. The molecule has 0 atom stereocenters. The molecule has 0 N–H and O–H groups in total. The highest BCUT2D eigenvalue weighted by atomic mass is 16.5. The normalized spacial score (nSPS) is 9.72. The van der Waals surface area contributed by atoms with Crippen molar-refractivity contribution in [3.8, 4) is 11.5 Å². The maximum Gasteiger partial charge on any atom is 0.225 e. The molecule has 1 rings (SSSR count). The van der Waals surface area contributed by atoms with Crippen LogP contribution >= 0.6 is 0 Å². The fourth-order valence-electron chi connectivity index (χ4n) is 1.40. The van der Waals surface area contributed by atoms with Crippen LogP contribution in [0.1, 0.15) is 16.8 Å². The lowest BCUT2D eigenvalue weighted by molar-refractivity contribution is -0.129. The topological polar surface area (TPSA) is 55.8 Å². The Kier molecular flexibility index (Phi) is 5.17. The van der Waals surface area contributed by atoms with Gasteiger partial charge in [-0.3, -0.25) is 9.59 Å². The third kappa shape index (κ3) is 3.48. The van der Waals surface area contributed by atoms with E-state index in [1.165, 1.54) is 12.0 Å². The first-order valence-corrected chi connectivity index (χ1v) is 5.55. The first-order chi connectivity index (χ1) is 8.60. The molecule has 98 valence electrons. The van der Waals surface area contributed by atoms with Crippen molar-refractivity contribution >= 4 is 12.2 Å². The monoisotopic (exact) mass is 251 g/mol. The minimum atomic E-state index is -0.0300. The molecule has 1 aromatic carbocycles. The molecule has 0 aliphatic rings. The largest absolute Gasteiger partial charge is 0.493 e. The van der Waals surface area contributed by atoms with E-state index < -0.39 is 0 Å². The van der Waals surface area contributed by atoms with Crippen molar-refractivity contribution in [2.24, 2.45) is 0 Å². The summed E-state index contributed by atoms with van der Waals surface area (Å²) in [5.74, 6) is 0.830. The second-order valence-electron chi connectivity index (χ2n) is 3.88. The number of carbonyl (C=O) groups excluding carboxylic acids is 2. The predicted octanol–water partition coefficient (Wildman–Crippen LogP) is 1.36. The number of aldehydes is 1. The molecule has 0 aliphatic heterocycles. The zero-order chi connectivity index (χ0) is 13.5. The maximum atomic E-state index is 11.4. The summed E-state index contributed by atoms with van der Waals surface area (Å²) in [6, 6.07) is 5.05. The van der Waals surface area contributed by atoms with Gasteiger partial charge in [-0.1, -0.05) is 6.07 Å². The summed E-state index contributed by atoms with van der Waals surface area (Å²) in [5.41, 5.74) is 0.409. The first kappa shape index (κ1) is 14.0. The van der Waals surface area contributed by atoms with Crippen molar-refractivity contribution in [3.63, 3.8) is 0 Å². The van der Waals surface area contributed by atoms with Gasteiger partial charge in [0.05, 0.1) is 25.7 Å². The number of benzene rings is 1. The number of amides is 1. The molecular formula is C13H17NO4. The van der Waals surface area contributed by atoms with E-state index in [0.717, 1.165) is 0 Å². The molecule has 1 aromatic rings. The summed E-state index contributed by atoms with van der Waals surface area (Å²) in [7, 11) is 4.87. The zero-order valence-electron chi connectivity index (χ0n) is 10.8. The Morgan fingerprint density at radius 1 is 1.39 bits per heavy atom. The highest BCUT2D eigenvalue weighted by Gasteiger charge is 2.11. The molecule has 0 aromatic heterocycles. The van der Waals surface area contributed by atoms with Crippen LogP contribution in [0.25, 0.3) is 0 Å². The first-order valence-electron chi connectivity index (χ1n) is 5.55. The SMILES string of the molecule is COc1cccc(C=O)c1OCCC(=O)N(C)C. The van der Waals surface area contributed by atoms with Gasteiger partial charge in [-0.15, -0.1) is 0 Å². The van der Waals surface area contributed by atoms with E-state index in [2.05, 4.69) is 0 Å². The number of hydrogen-bond acceptors (Lipinski definition) is 4. The van der Waals surface area contributed by atoms with Gasteiger partial charge < -0.3 is 14.4 Å². The summed E-state index contributed by atoms with van der Waals surface area (Å²) in [5, 5.41) is 0. The maximum absolute atomic E-state index is 11.4. The lowest BCUT2D eigenvalue weighted by Crippen LogP contribution is -2.23. The summed E-state index contributed by atoms with van der Waals surface area (Å²) >= 11 is 0. The van der Waals surface area contributed by atoms with Crippen LogP contribution in [0.2, 0.25) is 0 Å². The third-order valence-corrected chi connectivity index (χ3v) is 2.42. The van der Waals surface area contributed by atoms with Gasteiger partial charge in [-0.2, -0.15) is 0 Å². The molecule has 0 heterocycles. The van der Waals surface area contributed by atoms with Crippen LogP contribution < -0.4 is 9.47 Å². The number of para-hydroxylation sites is 1. The molecule has 0 bridgehead atoms. The number of carbonyl (C=O) groups is 2. The van der Waals surface area contributed by atoms with Crippen molar-refractivity contribution in [1.29, 1.82) is 0 Å². The lowest BCUT2D eigenvalue weighted by Gasteiger charge is -2.14. The van der Waals surface area contributed by atoms with E-state index >= 15 is 0 Å². The minimum absolute atomic E-state index is 0.0300. The minimum Gasteiger partial charge on any atom is -0.493 e. The molecule has 0 saturated carbocycles. The third-order valence-electron chi connectivity index (χ3n) is 2.42. The fraction of sp³-hybridized carbons (Fsp3) is 0.385. The average molecular weight is 251 g/mol. The molecule has 1 amide bonds. The van der Waals surface area contributed by atoms with Crippen molar-refractivity contribution in [3.05, 3.63) is 23.8 Å². The molecule has 18 heavy (non-hydrogen) atoms.